The number of benzene rings is 3. The highest BCUT2D eigenvalue weighted by Crippen LogP contribution is 2.28. The minimum absolute atomic E-state index is 0.00154. The van der Waals surface area contributed by atoms with Gasteiger partial charge in [0.2, 0.25) is 0 Å². The number of aromatic nitrogens is 2. The third-order valence-corrected chi connectivity index (χ3v) is 6.49. The van der Waals surface area contributed by atoms with Gasteiger partial charge >= 0.3 is 0 Å². The van der Waals surface area contributed by atoms with E-state index in [1.165, 1.54) is 4.57 Å². The van der Waals surface area contributed by atoms with Gasteiger partial charge in [0.1, 0.15) is 0 Å². The number of halogens is 2. The highest BCUT2D eigenvalue weighted by molar-refractivity contribution is 7.99. The fourth-order valence-corrected chi connectivity index (χ4v) is 4.78. The molecule has 2 heterocycles. The van der Waals surface area contributed by atoms with Gasteiger partial charge in [-0.05, 0) is 54.6 Å². The van der Waals surface area contributed by atoms with Gasteiger partial charge in [-0.25, -0.2) is 4.98 Å². The summed E-state index contributed by atoms with van der Waals surface area (Å²) in [6.45, 7) is 0. The first-order chi connectivity index (χ1) is 15.4. The van der Waals surface area contributed by atoms with Gasteiger partial charge in [-0.3, -0.25) is 23.9 Å². The second kappa shape index (κ2) is 8.09. The molecule has 0 spiro atoms. The molecule has 0 saturated carbocycles. The predicted octanol–water partition coefficient (Wildman–Crippen LogP) is 5.04. The quantitative estimate of drug-likeness (QED) is 0.232. The van der Waals surface area contributed by atoms with Crippen molar-refractivity contribution >= 4 is 57.7 Å². The van der Waals surface area contributed by atoms with Crippen molar-refractivity contribution in [2.75, 3.05) is 5.88 Å². The monoisotopic (exact) mass is 481 g/mol. The number of hydrogen-bond donors (Lipinski definition) is 0. The number of fused-ring (bicyclic) bond motifs is 2. The van der Waals surface area contributed by atoms with Crippen LogP contribution in [0.4, 0.5) is 0 Å². The summed E-state index contributed by atoms with van der Waals surface area (Å²) in [5.74, 6) is -0.747. The second-order valence-electron chi connectivity index (χ2n) is 7.03. The van der Waals surface area contributed by atoms with Gasteiger partial charge in [0, 0.05) is 10.0 Å². The van der Waals surface area contributed by atoms with E-state index >= 15 is 0 Å². The lowest BCUT2D eigenvalue weighted by Gasteiger charge is -2.16. The maximum absolute atomic E-state index is 13.3. The van der Waals surface area contributed by atoms with Crippen molar-refractivity contribution in [2.24, 2.45) is 0 Å². The summed E-state index contributed by atoms with van der Waals surface area (Å²) in [6, 6.07) is 18.3. The Bertz CT molecular complexity index is 1430. The topological polar surface area (TPSA) is 72.3 Å². The van der Waals surface area contributed by atoms with Crippen LogP contribution in [-0.4, -0.2) is 32.1 Å². The molecule has 1 aromatic heterocycles. The first-order valence-corrected chi connectivity index (χ1v) is 11.2. The maximum Gasteiger partial charge on any atom is 0.266 e. The SMILES string of the molecule is O=C1c2ccccc2C(=O)N1CSc1nc2cc(Cl)ccc2c(=O)n1-c1ccc(Cl)cc1. The molecule has 4 aromatic rings. The summed E-state index contributed by atoms with van der Waals surface area (Å²) >= 11 is 13.2. The number of rotatable bonds is 4. The van der Waals surface area contributed by atoms with Crippen LogP contribution in [0.3, 0.4) is 0 Å². The smallest absolute Gasteiger partial charge is 0.266 e. The zero-order chi connectivity index (χ0) is 22.4. The highest BCUT2D eigenvalue weighted by atomic mass is 35.5. The van der Waals surface area contributed by atoms with Crippen LogP contribution in [-0.2, 0) is 0 Å². The minimum atomic E-state index is -0.373. The third kappa shape index (κ3) is 3.48. The van der Waals surface area contributed by atoms with Gasteiger partial charge in [-0.1, -0.05) is 47.1 Å². The molecule has 158 valence electrons. The van der Waals surface area contributed by atoms with E-state index in [1.54, 1.807) is 66.7 Å². The van der Waals surface area contributed by atoms with E-state index in [0.717, 1.165) is 16.7 Å². The van der Waals surface area contributed by atoms with Gasteiger partial charge in [-0.2, -0.15) is 0 Å². The zero-order valence-corrected chi connectivity index (χ0v) is 18.6. The Morgan fingerprint density at radius 1 is 0.812 bits per heavy atom. The predicted molar refractivity (Wildman–Crippen MR) is 125 cm³/mol. The molecule has 32 heavy (non-hydrogen) atoms. The Morgan fingerprint density at radius 2 is 1.44 bits per heavy atom. The number of thioether (sulfide) groups is 1. The Morgan fingerprint density at radius 3 is 2.09 bits per heavy atom. The van der Waals surface area contributed by atoms with E-state index in [-0.39, 0.29) is 23.3 Å². The first-order valence-electron chi connectivity index (χ1n) is 9.50. The Labute approximate surface area is 196 Å². The standard InChI is InChI=1S/C23H13Cl2N3O3S/c24-13-5-8-15(9-6-13)28-22(31)18-10-7-14(25)11-19(18)26-23(28)32-12-27-20(29)16-3-1-2-4-17(16)21(27)30/h1-11H,12H2. The minimum Gasteiger partial charge on any atom is -0.269 e. The molecule has 1 aliphatic heterocycles. The lowest BCUT2D eigenvalue weighted by atomic mass is 10.1. The summed E-state index contributed by atoms with van der Waals surface area (Å²) in [5.41, 5.74) is 1.43. The van der Waals surface area contributed by atoms with Gasteiger partial charge in [-0.15, -0.1) is 0 Å². The lowest BCUT2D eigenvalue weighted by Crippen LogP contribution is -2.30. The Hall–Kier alpha value is -3.13. The van der Waals surface area contributed by atoms with E-state index in [2.05, 4.69) is 4.98 Å². The van der Waals surface area contributed by atoms with Gasteiger partial charge in [0.05, 0.1) is 33.6 Å². The van der Waals surface area contributed by atoms with E-state index in [9.17, 15) is 14.4 Å². The summed E-state index contributed by atoms with van der Waals surface area (Å²) in [7, 11) is 0. The van der Waals surface area contributed by atoms with E-state index < -0.39 is 0 Å². The van der Waals surface area contributed by atoms with Crippen LogP contribution in [0.15, 0.2) is 76.7 Å². The average molecular weight is 482 g/mol. The zero-order valence-electron chi connectivity index (χ0n) is 16.3. The van der Waals surface area contributed by atoms with Crippen LogP contribution >= 0.6 is 35.0 Å². The van der Waals surface area contributed by atoms with Crippen LogP contribution in [0.1, 0.15) is 20.7 Å². The molecule has 0 unspecified atom stereocenters. The molecule has 0 aliphatic carbocycles. The van der Waals surface area contributed by atoms with Crippen molar-refractivity contribution in [3.8, 4) is 5.69 Å². The molecule has 0 atom stereocenters. The molecule has 5 rings (SSSR count). The number of amides is 2. The molecule has 6 nitrogen and oxygen atoms in total. The summed E-state index contributed by atoms with van der Waals surface area (Å²) < 4.78 is 1.44. The van der Waals surface area contributed by atoms with Crippen molar-refractivity contribution < 1.29 is 9.59 Å². The van der Waals surface area contributed by atoms with Gasteiger partial charge in [0.25, 0.3) is 17.4 Å². The number of carbonyl (C=O) groups is 2. The number of nitrogens with zero attached hydrogens (tertiary/aromatic N) is 3. The molecule has 0 saturated heterocycles. The van der Waals surface area contributed by atoms with Crippen LogP contribution in [0.2, 0.25) is 10.0 Å². The molecule has 9 heteroatoms. The van der Waals surface area contributed by atoms with E-state index in [4.69, 9.17) is 23.2 Å². The van der Waals surface area contributed by atoms with Crippen molar-refractivity contribution in [2.45, 2.75) is 5.16 Å². The fraction of sp³-hybridized carbons (Fsp3) is 0.0435. The maximum atomic E-state index is 13.3. The fourth-order valence-electron chi connectivity index (χ4n) is 3.53. The third-order valence-electron chi connectivity index (χ3n) is 5.09. The molecular weight excluding hydrogens is 469 g/mol. The first kappa shape index (κ1) is 20.8. The van der Waals surface area contributed by atoms with Crippen LogP contribution in [0.25, 0.3) is 16.6 Å². The normalized spacial score (nSPS) is 13.1. The molecule has 0 bridgehead atoms. The van der Waals surface area contributed by atoms with Crippen molar-refractivity contribution in [1.29, 1.82) is 0 Å². The van der Waals surface area contributed by atoms with Crippen molar-refractivity contribution in [1.82, 2.24) is 14.5 Å². The number of carbonyl (C=O) groups excluding carboxylic acids is 2. The van der Waals surface area contributed by atoms with Gasteiger partial charge in [0.15, 0.2) is 5.16 Å². The lowest BCUT2D eigenvalue weighted by molar-refractivity contribution is 0.0684. The molecular formula is C23H13Cl2N3O3S. The van der Waals surface area contributed by atoms with Crippen LogP contribution in [0, 0.1) is 0 Å². The highest BCUT2D eigenvalue weighted by Gasteiger charge is 2.35. The van der Waals surface area contributed by atoms with Crippen LogP contribution < -0.4 is 5.56 Å². The largest absolute Gasteiger partial charge is 0.269 e. The molecule has 2 amide bonds. The molecule has 3 aromatic carbocycles. The van der Waals surface area contributed by atoms with Crippen molar-refractivity contribution in [3.63, 3.8) is 0 Å². The molecule has 0 fully saturated rings. The van der Waals surface area contributed by atoms with Gasteiger partial charge < -0.3 is 0 Å². The van der Waals surface area contributed by atoms with E-state index in [1.807, 2.05) is 0 Å². The number of hydrogen-bond acceptors (Lipinski definition) is 5. The molecule has 0 N–H and O–H groups in total. The summed E-state index contributed by atoms with van der Waals surface area (Å²) in [5, 5.41) is 1.70. The van der Waals surface area contributed by atoms with E-state index in [0.29, 0.717) is 42.9 Å². The summed E-state index contributed by atoms with van der Waals surface area (Å²) in [4.78, 5) is 44.5. The second-order valence-corrected chi connectivity index (χ2v) is 8.82. The average Bonchev–Trinajstić information content (AvgIpc) is 3.03. The number of imide groups is 1. The molecule has 1 aliphatic rings. The Kier molecular flexibility index (Phi) is 5.25. The Balaban J connectivity index is 1.58. The molecule has 0 radical (unpaired) electrons. The summed E-state index contributed by atoms with van der Waals surface area (Å²) in [6.07, 6.45) is 0. The van der Waals surface area contributed by atoms with Crippen molar-refractivity contribution in [3.05, 3.63) is 98.3 Å². The van der Waals surface area contributed by atoms with Crippen LogP contribution in [0.5, 0.6) is 0 Å².